The quantitative estimate of drug-likeness (QED) is 0.513. The van der Waals surface area contributed by atoms with Crippen LogP contribution in [0.5, 0.6) is 5.75 Å². The molecule has 0 atom stereocenters. The highest BCUT2D eigenvalue weighted by Gasteiger charge is 2.16. The van der Waals surface area contributed by atoms with Crippen LogP contribution < -0.4 is 5.32 Å². The molecule has 3 nitrogen and oxygen atoms in total. The SMILES string of the molecule is O=C(Nc1ccc2ccccc2c1-c1ccccc1O)c1cccs1. The number of fused-ring (bicyclic) bond motifs is 1. The van der Waals surface area contributed by atoms with Crippen LogP contribution >= 0.6 is 11.3 Å². The Balaban J connectivity index is 1.91. The molecule has 122 valence electrons. The maximum Gasteiger partial charge on any atom is 0.265 e. The molecule has 0 saturated carbocycles. The molecule has 4 rings (SSSR count). The summed E-state index contributed by atoms with van der Waals surface area (Å²) in [6, 6.07) is 22.6. The molecular formula is C21H15NO2S. The Bertz CT molecular complexity index is 1050. The van der Waals surface area contributed by atoms with Gasteiger partial charge in [-0.1, -0.05) is 54.6 Å². The third kappa shape index (κ3) is 2.88. The number of thiophene rings is 1. The molecule has 25 heavy (non-hydrogen) atoms. The summed E-state index contributed by atoms with van der Waals surface area (Å²) in [5.74, 6) is 0.0347. The minimum atomic E-state index is -0.151. The number of phenolic OH excluding ortho intramolecular Hbond substituents is 1. The molecule has 4 aromatic rings. The minimum absolute atomic E-state index is 0.151. The molecular weight excluding hydrogens is 330 g/mol. The lowest BCUT2D eigenvalue weighted by Crippen LogP contribution is -2.11. The second kappa shape index (κ2) is 6.42. The molecule has 0 spiro atoms. The molecule has 0 saturated heterocycles. The highest BCUT2D eigenvalue weighted by Crippen LogP contribution is 2.40. The zero-order valence-electron chi connectivity index (χ0n) is 13.3. The van der Waals surface area contributed by atoms with Gasteiger partial charge in [-0.25, -0.2) is 0 Å². The standard InChI is InChI=1S/C21H15NO2S/c23-18-9-4-3-8-16(18)20-15-7-2-1-6-14(15)11-12-17(20)22-21(24)19-10-5-13-25-19/h1-13,23H,(H,22,24). The Morgan fingerprint density at radius 1 is 0.880 bits per heavy atom. The first-order valence-corrected chi connectivity index (χ1v) is 8.77. The van der Waals surface area contributed by atoms with Crippen molar-refractivity contribution in [1.29, 1.82) is 0 Å². The van der Waals surface area contributed by atoms with E-state index in [9.17, 15) is 9.90 Å². The number of carbonyl (C=O) groups is 1. The molecule has 0 radical (unpaired) electrons. The summed E-state index contributed by atoms with van der Waals surface area (Å²) in [6.07, 6.45) is 0. The first-order chi connectivity index (χ1) is 12.2. The number of carbonyl (C=O) groups excluding carboxylic acids is 1. The van der Waals surface area contributed by atoms with E-state index < -0.39 is 0 Å². The third-order valence-corrected chi connectivity index (χ3v) is 4.96. The summed E-state index contributed by atoms with van der Waals surface area (Å²) in [5.41, 5.74) is 2.19. The first kappa shape index (κ1) is 15.4. The molecule has 0 aliphatic rings. The number of anilines is 1. The van der Waals surface area contributed by atoms with Crippen LogP contribution in [0.3, 0.4) is 0 Å². The predicted octanol–water partition coefficient (Wildman–Crippen LogP) is 5.53. The van der Waals surface area contributed by atoms with Crippen LogP contribution in [-0.2, 0) is 0 Å². The molecule has 4 heteroatoms. The van der Waals surface area contributed by atoms with Gasteiger partial charge in [0.25, 0.3) is 5.91 Å². The van der Waals surface area contributed by atoms with Crippen molar-refractivity contribution in [2.45, 2.75) is 0 Å². The number of para-hydroxylation sites is 1. The summed E-state index contributed by atoms with van der Waals surface area (Å²) in [6.45, 7) is 0. The molecule has 0 bridgehead atoms. The van der Waals surface area contributed by atoms with E-state index in [1.54, 1.807) is 18.2 Å². The second-order valence-corrected chi connectivity index (χ2v) is 6.61. The van der Waals surface area contributed by atoms with E-state index in [0.29, 0.717) is 16.1 Å². The van der Waals surface area contributed by atoms with Gasteiger partial charge >= 0.3 is 0 Å². The van der Waals surface area contributed by atoms with Crippen LogP contribution in [0.15, 0.2) is 78.2 Å². The van der Waals surface area contributed by atoms with Crippen molar-refractivity contribution in [3.8, 4) is 16.9 Å². The van der Waals surface area contributed by atoms with E-state index in [-0.39, 0.29) is 11.7 Å². The molecule has 1 amide bonds. The van der Waals surface area contributed by atoms with E-state index in [2.05, 4.69) is 5.32 Å². The molecule has 0 unspecified atom stereocenters. The van der Waals surface area contributed by atoms with Crippen molar-refractivity contribution in [3.63, 3.8) is 0 Å². The zero-order chi connectivity index (χ0) is 17.2. The molecule has 0 aliphatic heterocycles. The average Bonchev–Trinajstić information content (AvgIpc) is 3.17. The number of benzene rings is 3. The van der Waals surface area contributed by atoms with Crippen molar-refractivity contribution < 1.29 is 9.90 Å². The fraction of sp³-hybridized carbons (Fsp3) is 0. The van der Waals surface area contributed by atoms with Gasteiger partial charge in [0.1, 0.15) is 5.75 Å². The van der Waals surface area contributed by atoms with Gasteiger partial charge in [-0.3, -0.25) is 4.79 Å². The number of amides is 1. The van der Waals surface area contributed by atoms with Gasteiger partial charge in [0, 0.05) is 16.8 Å². The Hall–Kier alpha value is -3.11. The van der Waals surface area contributed by atoms with Crippen molar-refractivity contribution in [1.82, 2.24) is 0 Å². The van der Waals surface area contributed by atoms with Crippen LogP contribution in [-0.4, -0.2) is 11.0 Å². The fourth-order valence-electron chi connectivity index (χ4n) is 2.94. The largest absolute Gasteiger partial charge is 0.507 e. The summed E-state index contributed by atoms with van der Waals surface area (Å²) in [7, 11) is 0. The minimum Gasteiger partial charge on any atom is -0.507 e. The van der Waals surface area contributed by atoms with Crippen LogP contribution in [0.25, 0.3) is 21.9 Å². The van der Waals surface area contributed by atoms with E-state index in [0.717, 1.165) is 16.3 Å². The number of phenols is 1. The number of rotatable bonds is 3. The predicted molar refractivity (Wildman–Crippen MR) is 103 cm³/mol. The van der Waals surface area contributed by atoms with E-state index in [1.807, 2.05) is 60.0 Å². The normalized spacial score (nSPS) is 10.7. The summed E-state index contributed by atoms with van der Waals surface area (Å²) in [4.78, 5) is 13.2. The smallest absolute Gasteiger partial charge is 0.265 e. The molecule has 0 aliphatic carbocycles. The maximum absolute atomic E-state index is 12.5. The Labute approximate surface area is 149 Å². The molecule has 0 fully saturated rings. The fourth-order valence-corrected chi connectivity index (χ4v) is 3.56. The summed E-state index contributed by atoms with van der Waals surface area (Å²) < 4.78 is 0. The Morgan fingerprint density at radius 3 is 2.48 bits per heavy atom. The molecule has 3 aromatic carbocycles. The van der Waals surface area contributed by atoms with Gasteiger partial charge in [0.2, 0.25) is 0 Å². The van der Waals surface area contributed by atoms with Crippen LogP contribution in [0.2, 0.25) is 0 Å². The lowest BCUT2D eigenvalue weighted by molar-refractivity contribution is 0.103. The lowest BCUT2D eigenvalue weighted by atomic mass is 9.95. The molecule has 2 N–H and O–H groups in total. The van der Waals surface area contributed by atoms with Crippen molar-refractivity contribution in [2.24, 2.45) is 0 Å². The van der Waals surface area contributed by atoms with Gasteiger partial charge in [0.05, 0.1) is 4.88 Å². The van der Waals surface area contributed by atoms with Gasteiger partial charge in [-0.2, -0.15) is 0 Å². The third-order valence-electron chi connectivity index (χ3n) is 4.10. The zero-order valence-corrected chi connectivity index (χ0v) is 14.1. The van der Waals surface area contributed by atoms with Crippen molar-refractivity contribution >= 4 is 33.7 Å². The van der Waals surface area contributed by atoms with Crippen LogP contribution in [0.1, 0.15) is 9.67 Å². The van der Waals surface area contributed by atoms with E-state index in [4.69, 9.17) is 0 Å². The number of nitrogens with one attached hydrogen (secondary N) is 1. The van der Waals surface area contributed by atoms with Crippen molar-refractivity contribution in [3.05, 3.63) is 83.1 Å². The maximum atomic E-state index is 12.5. The monoisotopic (exact) mass is 345 g/mol. The van der Waals surface area contributed by atoms with Gasteiger partial charge in [-0.15, -0.1) is 11.3 Å². The topological polar surface area (TPSA) is 49.3 Å². The summed E-state index contributed by atoms with van der Waals surface area (Å²) >= 11 is 1.40. The number of hydrogen-bond donors (Lipinski definition) is 2. The number of hydrogen-bond acceptors (Lipinski definition) is 3. The Morgan fingerprint density at radius 2 is 1.68 bits per heavy atom. The lowest BCUT2D eigenvalue weighted by Gasteiger charge is -2.15. The highest BCUT2D eigenvalue weighted by atomic mass is 32.1. The highest BCUT2D eigenvalue weighted by molar-refractivity contribution is 7.12. The number of aromatic hydroxyl groups is 1. The van der Waals surface area contributed by atoms with Gasteiger partial charge < -0.3 is 10.4 Å². The van der Waals surface area contributed by atoms with Crippen LogP contribution in [0, 0.1) is 0 Å². The summed E-state index contributed by atoms with van der Waals surface area (Å²) in [5, 5.41) is 17.3. The van der Waals surface area contributed by atoms with Gasteiger partial charge in [0.15, 0.2) is 0 Å². The van der Waals surface area contributed by atoms with E-state index in [1.165, 1.54) is 11.3 Å². The second-order valence-electron chi connectivity index (χ2n) is 5.66. The molecule has 1 aromatic heterocycles. The first-order valence-electron chi connectivity index (χ1n) is 7.89. The Kier molecular flexibility index (Phi) is 3.96. The molecule has 1 heterocycles. The van der Waals surface area contributed by atoms with E-state index >= 15 is 0 Å². The van der Waals surface area contributed by atoms with Crippen LogP contribution in [0.4, 0.5) is 5.69 Å². The average molecular weight is 345 g/mol. The van der Waals surface area contributed by atoms with Crippen molar-refractivity contribution in [2.75, 3.05) is 5.32 Å². The van der Waals surface area contributed by atoms with Gasteiger partial charge in [-0.05, 0) is 34.4 Å².